The molecule has 0 aromatic carbocycles. The second kappa shape index (κ2) is 6.18. The molecule has 5 heteroatoms. The van der Waals surface area contributed by atoms with Crippen LogP contribution in [0.5, 0.6) is 0 Å². The molecular formula is C13H22N2O3. The van der Waals surface area contributed by atoms with Gasteiger partial charge in [-0.25, -0.2) is 0 Å². The molecule has 18 heavy (non-hydrogen) atoms. The van der Waals surface area contributed by atoms with Crippen LogP contribution in [0.4, 0.5) is 0 Å². The topological polar surface area (TPSA) is 78.4 Å². The van der Waals surface area contributed by atoms with Crippen LogP contribution in [-0.2, 0) is 9.59 Å². The molecule has 0 aromatic rings. The van der Waals surface area contributed by atoms with E-state index in [0.29, 0.717) is 18.9 Å². The van der Waals surface area contributed by atoms with Crippen molar-refractivity contribution in [3.05, 3.63) is 0 Å². The summed E-state index contributed by atoms with van der Waals surface area (Å²) < 4.78 is 0. The minimum Gasteiger partial charge on any atom is -0.481 e. The van der Waals surface area contributed by atoms with E-state index in [4.69, 9.17) is 5.11 Å². The van der Waals surface area contributed by atoms with Gasteiger partial charge in [0.15, 0.2) is 0 Å². The summed E-state index contributed by atoms with van der Waals surface area (Å²) in [6, 6.07) is 0.678. The molecule has 1 amide bonds. The maximum Gasteiger partial charge on any atom is 0.306 e. The van der Waals surface area contributed by atoms with Gasteiger partial charge in [-0.3, -0.25) is 9.59 Å². The number of carboxylic acid groups (broad SMARTS) is 1. The van der Waals surface area contributed by atoms with Crippen LogP contribution in [0.1, 0.15) is 44.9 Å². The number of hydrogen-bond donors (Lipinski definition) is 3. The molecule has 2 unspecified atom stereocenters. The zero-order valence-corrected chi connectivity index (χ0v) is 10.7. The van der Waals surface area contributed by atoms with Gasteiger partial charge < -0.3 is 15.7 Å². The number of nitrogens with one attached hydrogen (secondary N) is 2. The van der Waals surface area contributed by atoms with Gasteiger partial charge in [-0.05, 0) is 32.1 Å². The lowest BCUT2D eigenvalue weighted by Gasteiger charge is -2.27. The first-order valence-electron chi connectivity index (χ1n) is 6.90. The van der Waals surface area contributed by atoms with Gasteiger partial charge >= 0.3 is 5.97 Å². The summed E-state index contributed by atoms with van der Waals surface area (Å²) in [5.41, 5.74) is 0. The summed E-state index contributed by atoms with van der Waals surface area (Å²) in [5.74, 6) is -0.975. The van der Waals surface area contributed by atoms with Gasteiger partial charge in [-0.15, -0.1) is 0 Å². The van der Waals surface area contributed by atoms with E-state index in [0.717, 1.165) is 25.8 Å². The second-order valence-electron chi connectivity index (χ2n) is 5.44. The van der Waals surface area contributed by atoms with Crippen molar-refractivity contribution in [1.29, 1.82) is 0 Å². The highest BCUT2D eigenvalue weighted by atomic mass is 16.4. The van der Waals surface area contributed by atoms with Crippen LogP contribution in [-0.4, -0.2) is 35.6 Å². The van der Waals surface area contributed by atoms with Crippen molar-refractivity contribution >= 4 is 11.9 Å². The Morgan fingerprint density at radius 3 is 2.56 bits per heavy atom. The van der Waals surface area contributed by atoms with Gasteiger partial charge in [-0.1, -0.05) is 6.42 Å². The van der Waals surface area contributed by atoms with E-state index in [9.17, 15) is 9.59 Å². The van der Waals surface area contributed by atoms with Crippen molar-refractivity contribution in [3.8, 4) is 0 Å². The number of hydrogen-bond acceptors (Lipinski definition) is 3. The van der Waals surface area contributed by atoms with E-state index in [1.165, 1.54) is 12.8 Å². The monoisotopic (exact) mass is 254 g/mol. The van der Waals surface area contributed by atoms with E-state index < -0.39 is 5.97 Å². The molecule has 2 aliphatic carbocycles. The van der Waals surface area contributed by atoms with Crippen LogP contribution < -0.4 is 10.6 Å². The minimum atomic E-state index is -0.732. The van der Waals surface area contributed by atoms with E-state index in [1.54, 1.807) is 0 Å². The van der Waals surface area contributed by atoms with Crippen LogP contribution in [0.2, 0.25) is 0 Å². The first-order valence-corrected chi connectivity index (χ1v) is 6.90. The molecule has 0 saturated heterocycles. The number of carboxylic acids is 1. The Morgan fingerprint density at radius 1 is 1.11 bits per heavy atom. The summed E-state index contributed by atoms with van der Waals surface area (Å²) in [6.07, 6.45) is 6.07. The van der Waals surface area contributed by atoms with E-state index >= 15 is 0 Å². The second-order valence-corrected chi connectivity index (χ2v) is 5.44. The zero-order chi connectivity index (χ0) is 13.0. The summed E-state index contributed by atoms with van der Waals surface area (Å²) >= 11 is 0. The number of amides is 1. The highest BCUT2D eigenvalue weighted by Gasteiger charge is 2.27. The number of carbonyl (C=O) groups excluding carboxylic acids is 1. The molecule has 2 aliphatic rings. The van der Waals surface area contributed by atoms with Crippen molar-refractivity contribution in [1.82, 2.24) is 10.6 Å². The Morgan fingerprint density at radius 2 is 1.89 bits per heavy atom. The maximum absolute atomic E-state index is 11.7. The smallest absolute Gasteiger partial charge is 0.306 e. The first-order chi connectivity index (χ1) is 8.65. The summed E-state index contributed by atoms with van der Waals surface area (Å²) in [6.45, 7) is 0.728. The molecule has 0 bridgehead atoms. The van der Waals surface area contributed by atoms with Gasteiger partial charge in [0.1, 0.15) is 0 Å². The molecule has 2 rings (SSSR count). The fourth-order valence-corrected chi connectivity index (χ4v) is 2.52. The molecular weight excluding hydrogens is 232 g/mol. The van der Waals surface area contributed by atoms with Crippen molar-refractivity contribution in [2.45, 2.75) is 57.0 Å². The largest absolute Gasteiger partial charge is 0.481 e. The third-order valence-electron chi connectivity index (χ3n) is 3.75. The van der Waals surface area contributed by atoms with Crippen LogP contribution in [0, 0.1) is 5.92 Å². The fourth-order valence-electron chi connectivity index (χ4n) is 2.52. The Hall–Kier alpha value is -1.10. The molecule has 102 valence electrons. The average molecular weight is 254 g/mol. The predicted octanol–water partition coefficient (Wildman–Crippen LogP) is 0.888. The summed E-state index contributed by atoms with van der Waals surface area (Å²) in [7, 11) is 0. The van der Waals surface area contributed by atoms with Gasteiger partial charge in [0.05, 0.1) is 5.92 Å². The Bertz CT molecular complexity index is 315. The summed E-state index contributed by atoms with van der Waals surface area (Å²) in [5, 5.41) is 15.2. The van der Waals surface area contributed by atoms with Gasteiger partial charge in [-0.2, -0.15) is 0 Å². The molecule has 0 aromatic heterocycles. The molecule has 5 nitrogen and oxygen atoms in total. The number of aliphatic carboxylic acids is 1. The van der Waals surface area contributed by atoms with E-state index in [2.05, 4.69) is 10.6 Å². The Kier molecular flexibility index (Phi) is 4.58. The van der Waals surface area contributed by atoms with Crippen LogP contribution in [0.25, 0.3) is 0 Å². The molecule has 0 radical (unpaired) electrons. The van der Waals surface area contributed by atoms with Gasteiger partial charge in [0.2, 0.25) is 5.91 Å². The van der Waals surface area contributed by atoms with Crippen molar-refractivity contribution in [2.24, 2.45) is 5.92 Å². The van der Waals surface area contributed by atoms with Gasteiger partial charge in [0.25, 0.3) is 0 Å². The molecule has 3 N–H and O–H groups in total. The lowest BCUT2D eigenvalue weighted by Crippen LogP contribution is -2.40. The number of rotatable bonds is 6. The Labute approximate surface area is 107 Å². The molecule has 2 atom stereocenters. The molecule has 2 saturated carbocycles. The maximum atomic E-state index is 11.7. The minimum absolute atomic E-state index is 0.0409. The zero-order valence-electron chi connectivity index (χ0n) is 10.7. The van der Waals surface area contributed by atoms with Crippen LogP contribution in [0.3, 0.4) is 0 Å². The highest BCUT2D eigenvalue weighted by molar-refractivity contribution is 5.76. The molecule has 2 fully saturated rings. The van der Waals surface area contributed by atoms with Crippen molar-refractivity contribution in [3.63, 3.8) is 0 Å². The third-order valence-corrected chi connectivity index (χ3v) is 3.75. The first kappa shape index (κ1) is 13.3. The SMILES string of the molecule is O=C(CCNC1CC1)NC1CCCC(C(=O)O)C1. The standard InChI is InChI=1S/C13H22N2O3/c16-12(6-7-14-10-4-5-10)15-11-3-1-2-9(8-11)13(17)18/h9-11,14H,1-8H2,(H,15,16)(H,17,18). The van der Waals surface area contributed by atoms with Crippen molar-refractivity contribution in [2.75, 3.05) is 6.54 Å². The molecule has 0 aliphatic heterocycles. The summed E-state index contributed by atoms with van der Waals surface area (Å²) in [4.78, 5) is 22.6. The fraction of sp³-hybridized carbons (Fsp3) is 0.846. The third kappa shape index (κ3) is 4.29. The van der Waals surface area contributed by atoms with E-state index in [-0.39, 0.29) is 17.9 Å². The number of carbonyl (C=O) groups is 2. The average Bonchev–Trinajstić information content (AvgIpc) is 3.13. The van der Waals surface area contributed by atoms with Crippen molar-refractivity contribution < 1.29 is 14.7 Å². The molecule has 0 heterocycles. The predicted molar refractivity (Wildman–Crippen MR) is 67.2 cm³/mol. The molecule has 0 spiro atoms. The normalized spacial score (nSPS) is 27.8. The Balaban J connectivity index is 1.64. The van der Waals surface area contributed by atoms with Crippen LogP contribution >= 0.6 is 0 Å². The van der Waals surface area contributed by atoms with Crippen LogP contribution in [0.15, 0.2) is 0 Å². The highest BCUT2D eigenvalue weighted by Crippen LogP contribution is 2.24. The van der Waals surface area contributed by atoms with Gasteiger partial charge in [0, 0.05) is 25.0 Å². The van der Waals surface area contributed by atoms with E-state index in [1.807, 2.05) is 0 Å². The lowest BCUT2D eigenvalue weighted by molar-refractivity contribution is -0.143. The quantitative estimate of drug-likeness (QED) is 0.657. The lowest BCUT2D eigenvalue weighted by atomic mass is 9.86.